The highest BCUT2D eigenvalue weighted by Crippen LogP contribution is 2.44. The molecule has 0 spiro atoms. The Labute approximate surface area is 81.8 Å². The molecule has 1 aromatic heterocycles. The first-order valence-electron chi connectivity index (χ1n) is 4.28. The van der Waals surface area contributed by atoms with Crippen molar-refractivity contribution in [2.45, 2.75) is 25.7 Å². The van der Waals surface area contributed by atoms with Gasteiger partial charge in [0.2, 0.25) is 0 Å². The summed E-state index contributed by atoms with van der Waals surface area (Å²) in [6.45, 7) is 0. The molecule has 0 amide bonds. The molecule has 0 unspecified atom stereocenters. The van der Waals surface area contributed by atoms with Crippen LogP contribution in [-0.4, -0.2) is 10.9 Å². The maximum atomic E-state index is 5.96. The molecule has 0 radical (unpaired) electrons. The Hall–Kier alpha value is -0.0800. The fourth-order valence-electron chi connectivity index (χ4n) is 1.73. The molecule has 0 aliphatic heterocycles. The van der Waals surface area contributed by atoms with Crippen LogP contribution in [0.2, 0.25) is 0 Å². The summed E-state index contributed by atoms with van der Waals surface area (Å²) in [4.78, 5) is 5.46. The lowest BCUT2D eigenvalue weighted by atomic mass is 9.68. The summed E-state index contributed by atoms with van der Waals surface area (Å²) in [5, 5.41) is 0. The first kappa shape index (κ1) is 8.52. The average Bonchev–Trinajstić information content (AvgIpc) is 2.49. The van der Waals surface area contributed by atoms with Crippen molar-refractivity contribution in [3.8, 4) is 0 Å². The van der Waals surface area contributed by atoms with Gasteiger partial charge in [-0.05, 0) is 24.7 Å². The van der Waals surface area contributed by atoms with Crippen LogP contribution in [0.3, 0.4) is 0 Å². The summed E-state index contributed by atoms with van der Waals surface area (Å²) in [6.07, 6.45) is 7.06. The van der Waals surface area contributed by atoms with E-state index in [0.717, 1.165) is 12.3 Å². The van der Waals surface area contributed by atoms with Crippen LogP contribution in [0.15, 0.2) is 11.7 Å². The van der Waals surface area contributed by atoms with Gasteiger partial charge in [-0.1, -0.05) is 6.42 Å². The van der Waals surface area contributed by atoms with E-state index in [2.05, 4.69) is 4.98 Å². The van der Waals surface area contributed by atoms with Crippen LogP contribution in [0.5, 0.6) is 0 Å². The van der Waals surface area contributed by atoms with Gasteiger partial charge in [0.05, 0.1) is 5.51 Å². The predicted molar refractivity (Wildman–Crippen MR) is 52.8 cm³/mol. The third-order valence-corrected chi connectivity index (χ3v) is 4.08. The van der Waals surface area contributed by atoms with E-state index < -0.39 is 0 Å². The van der Waals surface area contributed by atoms with E-state index in [1.165, 1.54) is 24.1 Å². The largest absolute Gasteiger partial charge is 0.253 e. The van der Waals surface area contributed by atoms with Crippen molar-refractivity contribution in [1.82, 2.24) is 4.98 Å². The van der Waals surface area contributed by atoms with Crippen molar-refractivity contribution in [3.63, 3.8) is 0 Å². The third kappa shape index (κ3) is 1.50. The maximum Gasteiger partial charge on any atom is 0.0794 e. The van der Waals surface area contributed by atoms with Gasteiger partial charge in [-0.2, -0.15) is 0 Å². The van der Waals surface area contributed by atoms with Gasteiger partial charge in [0.1, 0.15) is 0 Å². The molecule has 2 rings (SSSR count). The van der Waals surface area contributed by atoms with Gasteiger partial charge >= 0.3 is 0 Å². The van der Waals surface area contributed by atoms with E-state index in [4.69, 9.17) is 11.6 Å². The number of halogens is 1. The molecule has 0 atom stereocenters. The monoisotopic (exact) mass is 201 g/mol. The van der Waals surface area contributed by atoms with Gasteiger partial charge in [-0.25, -0.2) is 0 Å². The van der Waals surface area contributed by atoms with Crippen molar-refractivity contribution in [2.75, 3.05) is 5.88 Å². The molecule has 0 bridgehead atoms. The quantitative estimate of drug-likeness (QED) is 0.685. The Bertz CT molecular complexity index is 236. The van der Waals surface area contributed by atoms with Crippen LogP contribution in [-0.2, 0) is 6.42 Å². The average molecular weight is 202 g/mol. The summed E-state index contributed by atoms with van der Waals surface area (Å²) in [5.41, 5.74) is 2.32. The molecule has 0 N–H and O–H groups in total. The summed E-state index contributed by atoms with van der Waals surface area (Å²) in [5.74, 6) is 0.810. The number of nitrogens with zero attached hydrogens (tertiary/aromatic N) is 1. The van der Waals surface area contributed by atoms with E-state index >= 15 is 0 Å². The zero-order valence-electron chi connectivity index (χ0n) is 6.92. The van der Waals surface area contributed by atoms with E-state index in [1.54, 1.807) is 11.3 Å². The molecule has 1 aromatic rings. The van der Waals surface area contributed by atoms with E-state index in [9.17, 15) is 0 Å². The number of thiazole rings is 1. The minimum Gasteiger partial charge on any atom is -0.253 e. The van der Waals surface area contributed by atoms with E-state index in [0.29, 0.717) is 5.41 Å². The van der Waals surface area contributed by atoms with Crippen LogP contribution in [0.1, 0.15) is 24.1 Å². The summed E-state index contributed by atoms with van der Waals surface area (Å²) in [6, 6.07) is 0. The number of rotatable bonds is 3. The Morgan fingerprint density at radius 1 is 1.58 bits per heavy atom. The van der Waals surface area contributed by atoms with Crippen molar-refractivity contribution in [2.24, 2.45) is 5.41 Å². The molecule has 1 heterocycles. The molecule has 1 nitrogen and oxygen atoms in total. The smallest absolute Gasteiger partial charge is 0.0794 e. The molecular weight excluding hydrogens is 190 g/mol. The minimum absolute atomic E-state index is 0.425. The van der Waals surface area contributed by atoms with Crippen molar-refractivity contribution >= 4 is 22.9 Å². The van der Waals surface area contributed by atoms with Gasteiger partial charge in [0.15, 0.2) is 0 Å². The first-order chi connectivity index (χ1) is 5.85. The van der Waals surface area contributed by atoms with Crippen LogP contribution < -0.4 is 0 Å². The van der Waals surface area contributed by atoms with E-state index in [1.807, 2.05) is 11.7 Å². The zero-order chi connectivity index (χ0) is 8.44. The molecule has 1 aliphatic carbocycles. The van der Waals surface area contributed by atoms with Crippen molar-refractivity contribution in [1.29, 1.82) is 0 Å². The minimum atomic E-state index is 0.425. The van der Waals surface area contributed by atoms with Gasteiger partial charge in [0.25, 0.3) is 0 Å². The molecule has 1 fully saturated rings. The summed E-state index contributed by atoms with van der Waals surface area (Å²) < 4.78 is 0. The highest BCUT2D eigenvalue weighted by Gasteiger charge is 2.36. The second kappa shape index (κ2) is 3.35. The predicted octanol–water partition coefficient (Wildman–Crippen LogP) is 3.09. The molecule has 0 aromatic carbocycles. The Kier molecular flexibility index (Phi) is 2.37. The highest BCUT2D eigenvalue weighted by atomic mass is 35.5. The Morgan fingerprint density at radius 2 is 2.42 bits per heavy atom. The SMILES string of the molecule is ClCC1(Cc2cncs2)CCC1. The molecule has 12 heavy (non-hydrogen) atoms. The van der Waals surface area contributed by atoms with Gasteiger partial charge in [0, 0.05) is 17.0 Å². The molecule has 66 valence electrons. The first-order valence-corrected chi connectivity index (χ1v) is 5.69. The Morgan fingerprint density at radius 3 is 2.83 bits per heavy atom. The molecule has 3 heteroatoms. The van der Waals surface area contributed by atoms with E-state index in [-0.39, 0.29) is 0 Å². The highest BCUT2D eigenvalue weighted by molar-refractivity contribution is 7.09. The number of hydrogen-bond donors (Lipinski definition) is 0. The molecule has 1 aliphatic rings. The van der Waals surface area contributed by atoms with Crippen molar-refractivity contribution < 1.29 is 0 Å². The topological polar surface area (TPSA) is 12.9 Å². The molecular formula is C9H12ClNS. The van der Waals surface area contributed by atoms with Gasteiger partial charge in [-0.3, -0.25) is 4.98 Å². The molecule has 0 saturated heterocycles. The lowest BCUT2D eigenvalue weighted by Crippen LogP contribution is -2.33. The Balaban J connectivity index is 2.01. The second-order valence-electron chi connectivity index (χ2n) is 3.63. The van der Waals surface area contributed by atoms with Crippen molar-refractivity contribution in [3.05, 3.63) is 16.6 Å². The third-order valence-electron chi connectivity index (χ3n) is 2.73. The number of aromatic nitrogens is 1. The van der Waals surface area contributed by atoms with Crippen LogP contribution in [0, 0.1) is 5.41 Å². The summed E-state index contributed by atoms with van der Waals surface area (Å²) in [7, 11) is 0. The normalized spacial score (nSPS) is 20.4. The zero-order valence-corrected chi connectivity index (χ0v) is 8.50. The lowest BCUT2D eigenvalue weighted by Gasteiger charge is -2.40. The fourth-order valence-corrected chi connectivity index (χ4v) is 2.86. The van der Waals surface area contributed by atoms with Gasteiger partial charge in [-0.15, -0.1) is 22.9 Å². The fraction of sp³-hybridized carbons (Fsp3) is 0.667. The second-order valence-corrected chi connectivity index (χ2v) is 4.87. The van der Waals surface area contributed by atoms with Crippen LogP contribution >= 0.6 is 22.9 Å². The number of hydrogen-bond acceptors (Lipinski definition) is 2. The standard InChI is InChI=1S/C9H12ClNS/c10-6-9(2-1-3-9)4-8-5-11-7-12-8/h5,7H,1-4,6H2. The maximum absolute atomic E-state index is 5.96. The van der Waals surface area contributed by atoms with Gasteiger partial charge < -0.3 is 0 Å². The summed E-state index contributed by atoms with van der Waals surface area (Å²) >= 11 is 7.71. The number of alkyl halides is 1. The lowest BCUT2D eigenvalue weighted by molar-refractivity contribution is 0.167. The van der Waals surface area contributed by atoms with Crippen LogP contribution in [0.25, 0.3) is 0 Å². The molecule has 1 saturated carbocycles. The van der Waals surface area contributed by atoms with Crippen LogP contribution in [0.4, 0.5) is 0 Å².